The summed E-state index contributed by atoms with van der Waals surface area (Å²) in [5.74, 6) is 0.282. The van der Waals surface area contributed by atoms with Crippen LogP contribution in [0.5, 0.6) is 0 Å². The highest BCUT2D eigenvalue weighted by Gasteiger charge is 2.17. The average Bonchev–Trinajstić information content (AvgIpc) is 2.68. The number of ketones is 1. The van der Waals surface area contributed by atoms with Gasteiger partial charge in [-0.2, -0.15) is 0 Å². The van der Waals surface area contributed by atoms with Crippen molar-refractivity contribution < 1.29 is 9.72 Å². The molecule has 134 valence electrons. The van der Waals surface area contributed by atoms with Crippen molar-refractivity contribution in [1.29, 1.82) is 0 Å². The SMILES string of the molecule is O=C(C=CC1CCN(Cc2ccncc2)CC1)c1ccc([N+](=O)[O-])cc1. The summed E-state index contributed by atoms with van der Waals surface area (Å²) < 4.78 is 0. The minimum Gasteiger partial charge on any atom is -0.299 e. The van der Waals surface area contributed by atoms with E-state index in [9.17, 15) is 14.9 Å². The second kappa shape index (κ2) is 8.49. The fourth-order valence-corrected chi connectivity index (χ4v) is 3.12. The topological polar surface area (TPSA) is 76.3 Å². The van der Waals surface area contributed by atoms with E-state index in [2.05, 4.69) is 9.88 Å². The van der Waals surface area contributed by atoms with Gasteiger partial charge in [0.1, 0.15) is 0 Å². The van der Waals surface area contributed by atoms with Crippen LogP contribution in [-0.4, -0.2) is 33.7 Å². The number of benzene rings is 1. The number of piperidine rings is 1. The van der Waals surface area contributed by atoms with E-state index in [1.54, 1.807) is 6.08 Å². The van der Waals surface area contributed by atoms with Crippen LogP contribution in [0.1, 0.15) is 28.8 Å². The molecule has 0 aliphatic carbocycles. The number of likely N-dealkylation sites (tertiary alicyclic amines) is 1. The van der Waals surface area contributed by atoms with Crippen LogP contribution in [0.15, 0.2) is 60.9 Å². The Bertz CT molecular complexity index is 780. The fourth-order valence-electron chi connectivity index (χ4n) is 3.12. The third-order valence-corrected chi connectivity index (χ3v) is 4.67. The maximum absolute atomic E-state index is 12.2. The van der Waals surface area contributed by atoms with Gasteiger partial charge in [0.15, 0.2) is 5.78 Å². The summed E-state index contributed by atoms with van der Waals surface area (Å²) in [5.41, 5.74) is 1.73. The molecule has 26 heavy (non-hydrogen) atoms. The first-order valence-electron chi connectivity index (χ1n) is 8.70. The molecule has 0 atom stereocenters. The maximum Gasteiger partial charge on any atom is 0.269 e. The van der Waals surface area contributed by atoms with Crippen LogP contribution in [-0.2, 0) is 6.54 Å². The Hall–Kier alpha value is -2.86. The third kappa shape index (κ3) is 4.83. The molecule has 1 fully saturated rings. The van der Waals surface area contributed by atoms with E-state index in [1.165, 1.54) is 29.8 Å². The molecule has 6 nitrogen and oxygen atoms in total. The van der Waals surface area contributed by atoms with Gasteiger partial charge < -0.3 is 0 Å². The predicted octanol–water partition coefficient (Wildman–Crippen LogP) is 3.64. The van der Waals surface area contributed by atoms with Crippen LogP contribution in [0, 0.1) is 16.0 Å². The van der Waals surface area contributed by atoms with Crippen molar-refractivity contribution in [3.63, 3.8) is 0 Å². The zero-order valence-corrected chi connectivity index (χ0v) is 14.5. The molecule has 0 amide bonds. The summed E-state index contributed by atoms with van der Waals surface area (Å²) in [6, 6.07) is 9.80. The highest BCUT2D eigenvalue weighted by molar-refractivity contribution is 6.04. The van der Waals surface area contributed by atoms with Gasteiger partial charge >= 0.3 is 0 Å². The highest BCUT2D eigenvalue weighted by Crippen LogP contribution is 2.20. The zero-order chi connectivity index (χ0) is 18.4. The highest BCUT2D eigenvalue weighted by atomic mass is 16.6. The van der Waals surface area contributed by atoms with E-state index < -0.39 is 4.92 Å². The zero-order valence-electron chi connectivity index (χ0n) is 14.5. The molecule has 2 aromatic rings. The fraction of sp³-hybridized carbons (Fsp3) is 0.300. The van der Waals surface area contributed by atoms with Gasteiger partial charge in [0, 0.05) is 36.6 Å². The molecule has 2 heterocycles. The first kappa shape index (κ1) is 17.9. The summed E-state index contributed by atoms with van der Waals surface area (Å²) in [6.45, 7) is 2.94. The lowest BCUT2D eigenvalue weighted by Gasteiger charge is -2.30. The molecule has 0 radical (unpaired) electrons. The Morgan fingerprint density at radius 3 is 2.42 bits per heavy atom. The van der Waals surface area contributed by atoms with E-state index in [4.69, 9.17) is 0 Å². The van der Waals surface area contributed by atoms with Gasteiger partial charge in [-0.25, -0.2) is 0 Å². The van der Waals surface area contributed by atoms with Crippen LogP contribution in [0.3, 0.4) is 0 Å². The minimum atomic E-state index is -0.468. The number of nitrogens with zero attached hydrogens (tertiary/aromatic N) is 3. The van der Waals surface area contributed by atoms with Gasteiger partial charge in [-0.05, 0) is 67.8 Å². The smallest absolute Gasteiger partial charge is 0.269 e. The number of hydrogen-bond donors (Lipinski definition) is 0. The van der Waals surface area contributed by atoms with Crippen molar-refractivity contribution in [3.8, 4) is 0 Å². The van der Waals surface area contributed by atoms with Crippen LogP contribution >= 0.6 is 0 Å². The van der Waals surface area contributed by atoms with Crippen molar-refractivity contribution in [2.24, 2.45) is 5.92 Å². The largest absolute Gasteiger partial charge is 0.299 e. The Kier molecular flexibility index (Phi) is 5.86. The summed E-state index contributed by atoms with van der Waals surface area (Å²) >= 11 is 0. The Morgan fingerprint density at radius 1 is 1.15 bits per heavy atom. The molecular weight excluding hydrogens is 330 g/mol. The number of aromatic nitrogens is 1. The number of hydrogen-bond acceptors (Lipinski definition) is 5. The number of carbonyl (C=O) groups excluding carboxylic acids is 1. The molecule has 1 aromatic carbocycles. The first-order valence-corrected chi connectivity index (χ1v) is 8.70. The van der Waals surface area contributed by atoms with E-state index in [0.29, 0.717) is 11.5 Å². The number of pyridine rings is 1. The molecule has 1 saturated heterocycles. The molecule has 3 rings (SSSR count). The van der Waals surface area contributed by atoms with Crippen LogP contribution in [0.4, 0.5) is 5.69 Å². The third-order valence-electron chi connectivity index (χ3n) is 4.67. The van der Waals surface area contributed by atoms with E-state index >= 15 is 0 Å². The Morgan fingerprint density at radius 2 is 1.81 bits per heavy atom. The van der Waals surface area contributed by atoms with E-state index in [-0.39, 0.29) is 11.5 Å². The Balaban J connectivity index is 1.49. The molecule has 0 N–H and O–H groups in total. The molecular formula is C20H21N3O3. The summed E-state index contributed by atoms with van der Waals surface area (Å²) in [6.07, 6.45) is 9.26. The second-order valence-corrected chi connectivity index (χ2v) is 6.50. The number of nitro groups is 1. The standard InChI is InChI=1S/C20H21N3O3/c24-20(18-2-4-19(5-3-18)23(25)26)6-1-16-9-13-22(14-10-16)15-17-7-11-21-12-8-17/h1-8,11-12,16H,9-10,13-15H2. The van der Waals surface area contributed by atoms with Gasteiger partial charge in [-0.3, -0.25) is 24.8 Å². The van der Waals surface area contributed by atoms with Crippen molar-refractivity contribution >= 4 is 11.5 Å². The van der Waals surface area contributed by atoms with E-state index in [1.807, 2.05) is 30.6 Å². The molecule has 0 unspecified atom stereocenters. The van der Waals surface area contributed by atoms with Gasteiger partial charge in [0.2, 0.25) is 0 Å². The van der Waals surface area contributed by atoms with Gasteiger partial charge in [0.05, 0.1) is 4.92 Å². The Labute approximate surface area is 152 Å². The van der Waals surface area contributed by atoms with E-state index in [0.717, 1.165) is 32.5 Å². The number of rotatable bonds is 6. The van der Waals surface area contributed by atoms with Gasteiger partial charge in [-0.1, -0.05) is 6.08 Å². The quantitative estimate of drug-likeness (QED) is 0.344. The van der Waals surface area contributed by atoms with Crippen molar-refractivity contribution in [2.75, 3.05) is 13.1 Å². The number of non-ortho nitro benzene ring substituents is 1. The van der Waals surface area contributed by atoms with Crippen molar-refractivity contribution in [2.45, 2.75) is 19.4 Å². The number of carbonyl (C=O) groups is 1. The second-order valence-electron chi connectivity index (χ2n) is 6.50. The molecule has 1 aliphatic rings. The molecule has 0 saturated carbocycles. The molecule has 1 aliphatic heterocycles. The summed E-state index contributed by atoms with van der Waals surface area (Å²) in [7, 11) is 0. The minimum absolute atomic E-state index is 0.00732. The monoisotopic (exact) mass is 351 g/mol. The lowest BCUT2D eigenvalue weighted by Crippen LogP contribution is -2.32. The molecule has 0 spiro atoms. The van der Waals surface area contributed by atoms with Crippen molar-refractivity contribution in [1.82, 2.24) is 9.88 Å². The molecule has 6 heteroatoms. The maximum atomic E-state index is 12.2. The van der Waals surface area contributed by atoms with Crippen LogP contribution in [0.25, 0.3) is 0 Å². The lowest BCUT2D eigenvalue weighted by molar-refractivity contribution is -0.384. The summed E-state index contributed by atoms with van der Waals surface area (Å²) in [4.78, 5) is 28.8. The molecule has 1 aromatic heterocycles. The first-order chi connectivity index (χ1) is 12.6. The van der Waals surface area contributed by atoms with Crippen LogP contribution in [0.2, 0.25) is 0 Å². The van der Waals surface area contributed by atoms with Crippen molar-refractivity contribution in [3.05, 3.63) is 82.2 Å². The van der Waals surface area contributed by atoms with Gasteiger partial charge in [-0.15, -0.1) is 0 Å². The predicted molar refractivity (Wildman–Crippen MR) is 98.8 cm³/mol. The number of nitro benzene ring substituents is 1. The average molecular weight is 351 g/mol. The van der Waals surface area contributed by atoms with Gasteiger partial charge in [0.25, 0.3) is 5.69 Å². The lowest BCUT2D eigenvalue weighted by atomic mass is 9.95. The molecule has 0 bridgehead atoms. The normalized spacial score (nSPS) is 16.0. The van der Waals surface area contributed by atoms with Crippen LogP contribution < -0.4 is 0 Å². The number of allylic oxidation sites excluding steroid dienone is 2. The summed E-state index contributed by atoms with van der Waals surface area (Å²) in [5, 5.41) is 10.7.